The molecule has 7 heteroatoms. The van der Waals surface area contributed by atoms with Crippen molar-refractivity contribution in [1.82, 2.24) is 15.1 Å². The summed E-state index contributed by atoms with van der Waals surface area (Å²) in [6, 6.07) is 18.8. The molecule has 2 aromatic carbocycles. The fraction of sp³-hybridized carbons (Fsp3) is 0.217. The lowest BCUT2D eigenvalue weighted by Gasteiger charge is -2.18. The fourth-order valence-corrected chi connectivity index (χ4v) is 3.87. The van der Waals surface area contributed by atoms with E-state index in [2.05, 4.69) is 15.5 Å². The molecule has 30 heavy (non-hydrogen) atoms. The van der Waals surface area contributed by atoms with Crippen LogP contribution < -0.4 is 5.32 Å². The Morgan fingerprint density at radius 1 is 1.00 bits per heavy atom. The van der Waals surface area contributed by atoms with Gasteiger partial charge < -0.3 is 10.2 Å². The van der Waals surface area contributed by atoms with Crippen molar-refractivity contribution in [2.24, 2.45) is 0 Å². The first kappa shape index (κ1) is 20.0. The van der Waals surface area contributed by atoms with E-state index in [1.807, 2.05) is 65.6 Å². The monoisotopic (exact) mass is 419 g/mol. The second kappa shape index (κ2) is 9.05. The maximum Gasteiger partial charge on any atom is 0.241 e. The fourth-order valence-electron chi connectivity index (χ4n) is 3.54. The van der Waals surface area contributed by atoms with Gasteiger partial charge in [0.05, 0.1) is 22.8 Å². The highest BCUT2D eigenvalue weighted by Crippen LogP contribution is 2.33. The average Bonchev–Trinajstić information content (AvgIpc) is 3.33. The molecule has 2 N–H and O–H groups in total. The Morgan fingerprint density at radius 2 is 1.63 bits per heavy atom. The molecule has 0 aliphatic carbocycles. The van der Waals surface area contributed by atoms with Crippen LogP contribution in [0, 0.1) is 5.41 Å². The lowest BCUT2D eigenvalue weighted by atomic mass is 10.0. The van der Waals surface area contributed by atoms with Gasteiger partial charge in [-0.1, -0.05) is 72.3 Å². The maximum atomic E-state index is 12.5. The Morgan fingerprint density at radius 3 is 2.30 bits per heavy atom. The number of carbonyl (C=O) groups excluding carboxylic acids is 1. The van der Waals surface area contributed by atoms with Crippen molar-refractivity contribution in [1.29, 1.82) is 5.41 Å². The zero-order valence-corrected chi connectivity index (χ0v) is 17.2. The molecule has 0 spiro atoms. The molecule has 3 aromatic rings. The molecule has 0 atom stereocenters. The minimum atomic E-state index is 0.00903. The van der Waals surface area contributed by atoms with E-state index in [1.165, 1.54) is 0 Å². The van der Waals surface area contributed by atoms with Crippen LogP contribution >= 0.6 is 11.6 Å². The molecular formula is C23H22ClN5O. The highest BCUT2D eigenvalue weighted by molar-refractivity contribution is 6.38. The van der Waals surface area contributed by atoms with Gasteiger partial charge in [0.2, 0.25) is 5.91 Å². The topological polar surface area (TPSA) is 82.0 Å². The zero-order chi connectivity index (χ0) is 20.9. The number of anilines is 1. The van der Waals surface area contributed by atoms with Gasteiger partial charge in [0.25, 0.3) is 0 Å². The molecule has 1 aliphatic rings. The summed E-state index contributed by atoms with van der Waals surface area (Å²) in [6.07, 6.45) is 2.07. The number of likely N-dealkylation sites (tertiary alicyclic amines) is 1. The van der Waals surface area contributed by atoms with Crippen LogP contribution in [-0.2, 0) is 4.79 Å². The number of nitrogens with zero attached hydrogens (tertiary/aromatic N) is 3. The number of nitrogens with one attached hydrogen (secondary N) is 2. The van der Waals surface area contributed by atoms with E-state index in [0.29, 0.717) is 27.7 Å². The molecule has 6 nitrogen and oxygen atoms in total. The van der Waals surface area contributed by atoms with E-state index in [0.717, 1.165) is 31.5 Å². The largest absolute Gasteiger partial charge is 0.359 e. The summed E-state index contributed by atoms with van der Waals surface area (Å²) in [5, 5.41) is 20.8. The van der Waals surface area contributed by atoms with Crippen molar-refractivity contribution >= 4 is 29.0 Å². The summed E-state index contributed by atoms with van der Waals surface area (Å²) in [6.45, 7) is 1.66. The van der Waals surface area contributed by atoms with Gasteiger partial charge in [0.15, 0.2) is 5.82 Å². The van der Waals surface area contributed by atoms with Crippen LogP contribution in [0.4, 0.5) is 5.82 Å². The van der Waals surface area contributed by atoms with Crippen molar-refractivity contribution in [2.45, 2.75) is 12.8 Å². The number of rotatable bonds is 6. The molecular weight excluding hydrogens is 398 g/mol. The number of hydrogen-bond donors (Lipinski definition) is 2. The van der Waals surface area contributed by atoms with E-state index in [9.17, 15) is 4.79 Å². The molecule has 1 saturated heterocycles. The smallest absolute Gasteiger partial charge is 0.241 e. The summed E-state index contributed by atoms with van der Waals surface area (Å²) >= 11 is 6.76. The van der Waals surface area contributed by atoms with E-state index in [4.69, 9.17) is 17.0 Å². The highest BCUT2D eigenvalue weighted by Gasteiger charge is 2.23. The van der Waals surface area contributed by atoms with Crippen LogP contribution in [0.15, 0.2) is 60.7 Å². The lowest BCUT2D eigenvalue weighted by Crippen LogP contribution is -2.33. The second-order valence-electron chi connectivity index (χ2n) is 7.13. The zero-order valence-electron chi connectivity index (χ0n) is 16.4. The Hall–Kier alpha value is -3.25. The maximum absolute atomic E-state index is 12.5. The summed E-state index contributed by atoms with van der Waals surface area (Å²) in [5.41, 5.74) is 2.69. The van der Waals surface area contributed by atoms with Crippen LogP contribution in [-0.4, -0.2) is 46.4 Å². The lowest BCUT2D eigenvalue weighted by molar-refractivity contribution is -0.128. The Labute approximate surface area is 180 Å². The molecule has 1 aromatic heterocycles. The number of amides is 1. The standard InChI is InChI=1S/C23H22ClN5O/c24-20-19(21(25)16-9-3-1-4-10-16)23(26-15-18(30)29-13-7-8-14-29)28-27-22(20)17-11-5-2-6-12-17/h1-6,9-12,25H,7-8,13-15H2,(H,26,28). The normalized spacial score (nSPS) is 13.3. The van der Waals surface area contributed by atoms with Gasteiger partial charge in [-0.25, -0.2) is 0 Å². The van der Waals surface area contributed by atoms with Gasteiger partial charge in [0, 0.05) is 24.2 Å². The molecule has 152 valence electrons. The van der Waals surface area contributed by atoms with Crippen LogP contribution in [0.3, 0.4) is 0 Å². The third kappa shape index (κ3) is 4.19. The van der Waals surface area contributed by atoms with E-state index < -0.39 is 0 Å². The number of hydrogen-bond acceptors (Lipinski definition) is 5. The van der Waals surface area contributed by atoms with Crippen LogP contribution in [0.25, 0.3) is 11.3 Å². The number of benzene rings is 2. The molecule has 0 saturated carbocycles. The minimum Gasteiger partial charge on any atom is -0.359 e. The van der Waals surface area contributed by atoms with Crippen molar-refractivity contribution < 1.29 is 4.79 Å². The molecule has 0 unspecified atom stereocenters. The van der Waals surface area contributed by atoms with Gasteiger partial charge in [-0.15, -0.1) is 10.2 Å². The number of aromatic nitrogens is 2. The molecule has 4 rings (SSSR count). The van der Waals surface area contributed by atoms with Gasteiger partial charge in [0.1, 0.15) is 5.69 Å². The average molecular weight is 420 g/mol. The third-order valence-electron chi connectivity index (χ3n) is 5.14. The van der Waals surface area contributed by atoms with Crippen molar-refractivity contribution in [3.8, 4) is 11.3 Å². The van der Waals surface area contributed by atoms with Gasteiger partial charge in [-0.05, 0) is 12.8 Å². The predicted octanol–water partition coefficient (Wildman–Crippen LogP) is 4.25. The van der Waals surface area contributed by atoms with Gasteiger partial charge in [-0.2, -0.15) is 0 Å². The minimum absolute atomic E-state index is 0.00903. The van der Waals surface area contributed by atoms with Crippen LogP contribution in [0.1, 0.15) is 24.0 Å². The summed E-state index contributed by atoms with van der Waals surface area (Å²) in [5.74, 6) is 0.343. The summed E-state index contributed by atoms with van der Waals surface area (Å²) < 4.78 is 0. The van der Waals surface area contributed by atoms with Crippen molar-refractivity contribution in [2.75, 3.05) is 25.0 Å². The van der Waals surface area contributed by atoms with Gasteiger partial charge >= 0.3 is 0 Å². The van der Waals surface area contributed by atoms with E-state index in [-0.39, 0.29) is 18.2 Å². The van der Waals surface area contributed by atoms with Crippen LogP contribution in [0.2, 0.25) is 5.02 Å². The van der Waals surface area contributed by atoms with E-state index >= 15 is 0 Å². The second-order valence-corrected chi connectivity index (χ2v) is 7.51. The first-order valence-corrected chi connectivity index (χ1v) is 10.3. The van der Waals surface area contributed by atoms with Crippen LogP contribution in [0.5, 0.6) is 0 Å². The Balaban J connectivity index is 1.70. The SMILES string of the molecule is N=C(c1ccccc1)c1c(NCC(=O)N2CCCC2)nnc(-c2ccccc2)c1Cl. The van der Waals surface area contributed by atoms with E-state index in [1.54, 1.807) is 0 Å². The quantitative estimate of drug-likeness (QED) is 0.585. The molecule has 0 bridgehead atoms. The summed E-state index contributed by atoms with van der Waals surface area (Å²) in [4.78, 5) is 14.3. The summed E-state index contributed by atoms with van der Waals surface area (Å²) in [7, 11) is 0. The molecule has 2 heterocycles. The number of carbonyl (C=O) groups is 1. The third-order valence-corrected chi connectivity index (χ3v) is 5.51. The van der Waals surface area contributed by atoms with Gasteiger partial charge in [-0.3, -0.25) is 10.2 Å². The molecule has 1 amide bonds. The van der Waals surface area contributed by atoms with Crippen molar-refractivity contribution in [3.05, 3.63) is 76.8 Å². The molecule has 1 fully saturated rings. The van der Waals surface area contributed by atoms with Crippen molar-refractivity contribution in [3.63, 3.8) is 0 Å². The number of halogens is 1. The molecule has 0 radical (unpaired) electrons. The molecule has 1 aliphatic heterocycles. The Kier molecular flexibility index (Phi) is 6.05. The highest BCUT2D eigenvalue weighted by atomic mass is 35.5. The first-order valence-electron chi connectivity index (χ1n) is 9.92. The Bertz CT molecular complexity index is 1050. The predicted molar refractivity (Wildman–Crippen MR) is 119 cm³/mol. The first-order chi connectivity index (χ1) is 14.6.